The molecule has 0 radical (unpaired) electrons. The second kappa shape index (κ2) is 7.62. The summed E-state index contributed by atoms with van der Waals surface area (Å²) >= 11 is 0. The molecule has 0 aromatic heterocycles. The minimum atomic E-state index is 0.0656. The minimum absolute atomic E-state index is 0.0656. The summed E-state index contributed by atoms with van der Waals surface area (Å²) in [6, 6.07) is 0. The molecule has 0 atom stereocenters. The Bertz CT molecular complexity index is 486. The van der Waals surface area contributed by atoms with Gasteiger partial charge in [-0.3, -0.25) is 9.59 Å². The molecule has 3 N–H and O–H groups in total. The number of nitrogens with zero attached hydrogens (tertiary/aromatic N) is 2. The zero-order valence-electron chi connectivity index (χ0n) is 15.8. The van der Waals surface area contributed by atoms with Crippen molar-refractivity contribution >= 4 is 11.8 Å². The second-order valence-corrected chi connectivity index (χ2v) is 8.81. The van der Waals surface area contributed by atoms with Crippen LogP contribution in [-0.2, 0) is 9.59 Å². The van der Waals surface area contributed by atoms with Gasteiger partial charge in [0.15, 0.2) is 0 Å². The topological polar surface area (TPSA) is 78.7 Å². The quantitative estimate of drug-likeness (QED) is 0.738. The predicted octanol–water partition coefficient (Wildman–Crippen LogP) is 0.668. The first-order valence-corrected chi connectivity index (χ1v) is 9.84. The van der Waals surface area contributed by atoms with E-state index in [9.17, 15) is 9.59 Å². The number of likely N-dealkylation sites (N-methyl/N-ethyl adjacent to an activating group) is 1. The molecule has 3 rings (SSSR count). The zero-order chi connectivity index (χ0) is 18.0. The number of amides is 2. The fraction of sp³-hybridized carbons (Fsp3) is 0.895. The van der Waals surface area contributed by atoms with Crippen LogP contribution in [0.4, 0.5) is 0 Å². The summed E-state index contributed by atoms with van der Waals surface area (Å²) in [6.45, 7) is 3.82. The van der Waals surface area contributed by atoms with E-state index in [1.54, 1.807) is 0 Å². The summed E-state index contributed by atoms with van der Waals surface area (Å²) in [4.78, 5) is 28.9. The number of carbonyl (C=O) groups is 2. The summed E-state index contributed by atoms with van der Waals surface area (Å²) in [5.74, 6) is 1.46. The summed E-state index contributed by atoms with van der Waals surface area (Å²) < 4.78 is 0. The average molecular weight is 351 g/mol. The fourth-order valence-electron chi connectivity index (χ4n) is 4.99. The average Bonchev–Trinajstić information content (AvgIpc) is 2.52. The molecule has 1 saturated heterocycles. The second-order valence-electron chi connectivity index (χ2n) is 8.81. The van der Waals surface area contributed by atoms with Gasteiger partial charge in [0.1, 0.15) is 0 Å². The van der Waals surface area contributed by atoms with Gasteiger partial charge in [0.25, 0.3) is 0 Å². The van der Waals surface area contributed by atoms with Crippen molar-refractivity contribution in [3.8, 4) is 0 Å². The third kappa shape index (κ3) is 4.17. The van der Waals surface area contributed by atoms with E-state index in [-0.39, 0.29) is 17.7 Å². The van der Waals surface area contributed by atoms with Crippen molar-refractivity contribution in [1.29, 1.82) is 0 Å². The van der Waals surface area contributed by atoms with Crippen LogP contribution in [0.25, 0.3) is 0 Å². The molecule has 0 bridgehead atoms. The van der Waals surface area contributed by atoms with Gasteiger partial charge in [-0.2, -0.15) is 0 Å². The molecule has 0 unspecified atom stereocenters. The molecule has 0 aromatic carbocycles. The summed E-state index contributed by atoms with van der Waals surface area (Å²) in [7, 11) is 4.00. The van der Waals surface area contributed by atoms with Crippen LogP contribution in [0.2, 0.25) is 0 Å². The number of hydrogen-bond donors (Lipinski definition) is 2. The van der Waals surface area contributed by atoms with Gasteiger partial charge in [0.2, 0.25) is 11.8 Å². The lowest BCUT2D eigenvalue weighted by molar-refractivity contribution is -0.153. The fourth-order valence-corrected chi connectivity index (χ4v) is 4.99. The van der Waals surface area contributed by atoms with Crippen LogP contribution in [0, 0.1) is 23.2 Å². The zero-order valence-corrected chi connectivity index (χ0v) is 15.8. The molecule has 6 nitrogen and oxygen atoms in total. The lowest BCUT2D eigenvalue weighted by Gasteiger charge is -2.58. The van der Waals surface area contributed by atoms with Crippen LogP contribution in [-0.4, -0.2) is 68.4 Å². The first kappa shape index (κ1) is 18.6. The molecular formula is C19H34N4O2. The van der Waals surface area contributed by atoms with Crippen molar-refractivity contribution < 1.29 is 9.59 Å². The Morgan fingerprint density at radius 1 is 1.12 bits per heavy atom. The summed E-state index contributed by atoms with van der Waals surface area (Å²) in [5.41, 5.74) is 6.17. The molecule has 25 heavy (non-hydrogen) atoms. The van der Waals surface area contributed by atoms with Gasteiger partial charge in [0.05, 0.1) is 0 Å². The summed E-state index contributed by atoms with van der Waals surface area (Å²) in [6.07, 6.45) is 6.17. The van der Waals surface area contributed by atoms with E-state index in [1.165, 1.54) is 12.8 Å². The van der Waals surface area contributed by atoms with Gasteiger partial charge in [0, 0.05) is 38.0 Å². The van der Waals surface area contributed by atoms with E-state index in [4.69, 9.17) is 5.73 Å². The molecule has 2 amide bonds. The Balaban J connectivity index is 1.35. The first-order chi connectivity index (χ1) is 11.9. The Morgan fingerprint density at radius 3 is 2.32 bits per heavy atom. The number of hydrogen-bond acceptors (Lipinski definition) is 4. The molecule has 1 aliphatic heterocycles. The smallest absolute Gasteiger partial charge is 0.225 e. The van der Waals surface area contributed by atoms with E-state index in [0.717, 1.165) is 51.9 Å². The highest BCUT2D eigenvalue weighted by Gasteiger charge is 2.54. The van der Waals surface area contributed by atoms with Crippen LogP contribution in [0.1, 0.15) is 38.5 Å². The molecule has 1 spiro atoms. The Morgan fingerprint density at radius 2 is 1.76 bits per heavy atom. The van der Waals surface area contributed by atoms with Crippen LogP contribution >= 0.6 is 0 Å². The van der Waals surface area contributed by atoms with Crippen LogP contribution in [0.5, 0.6) is 0 Å². The lowest BCUT2D eigenvalue weighted by Crippen LogP contribution is -2.55. The first-order valence-electron chi connectivity index (χ1n) is 9.84. The molecule has 3 aliphatic rings. The maximum atomic E-state index is 12.7. The predicted molar refractivity (Wildman–Crippen MR) is 97.8 cm³/mol. The van der Waals surface area contributed by atoms with Crippen molar-refractivity contribution in [2.45, 2.75) is 38.5 Å². The number of nitrogens with two attached hydrogens (primary N) is 1. The van der Waals surface area contributed by atoms with Gasteiger partial charge in [-0.15, -0.1) is 0 Å². The SMILES string of the molecule is CN(C)CCNC(=O)C1CCN(C(=O)C2CC3(CC(CN)C3)C2)CC1. The van der Waals surface area contributed by atoms with Crippen LogP contribution in [0.15, 0.2) is 0 Å². The lowest BCUT2D eigenvalue weighted by atomic mass is 9.48. The number of piperidine rings is 1. The highest BCUT2D eigenvalue weighted by molar-refractivity contribution is 5.81. The van der Waals surface area contributed by atoms with Crippen molar-refractivity contribution in [3.63, 3.8) is 0 Å². The van der Waals surface area contributed by atoms with Crippen molar-refractivity contribution in [1.82, 2.24) is 15.1 Å². The van der Waals surface area contributed by atoms with E-state index in [1.807, 2.05) is 19.0 Å². The monoisotopic (exact) mass is 350 g/mol. The third-order valence-electron chi connectivity index (χ3n) is 6.52. The largest absolute Gasteiger partial charge is 0.355 e. The Kier molecular flexibility index (Phi) is 5.68. The van der Waals surface area contributed by atoms with Gasteiger partial charge >= 0.3 is 0 Å². The van der Waals surface area contributed by atoms with Crippen molar-refractivity contribution in [2.24, 2.45) is 28.9 Å². The molecule has 2 saturated carbocycles. The Labute approximate surface area is 151 Å². The number of nitrogens with one attached hydrogen (secondary N) is 1. The van der Waals surface area contributed by atoms with Crippen LogP contribution < -0.4 is 11.1 Å². The Hall–Kier alpha value is -1.14. The van der Waals surface area contributed by atoms with Gasteiger partial charge < -0.3 is 20.9 Å². The van der Waals surface area contributed by atoms with Crippen molar-refractivity contribution in [2.75, 3.05) is 46.8 Å². The standard InChI is InChI=1S/C19H34N4O2/c1-22(2)8-5-21-17(24)15-3-6-23(7-4-15)18(25)16-11-19(12-16)9-14(10-19)13-20/h14-16H,3-13,20H2,1-2H3,(H,21,24). The van der Waals surface area contributed by atoms with Gasteiger partial charge in [-0.05, 0) is 70.5 Å². The number of likely N-dealkylation sites (tertiary alicyclic amines) is 1. The van der Waals surface area contributed by atoms with E-state index in [2.05, 4.69) is 10.2 Å². The molecule has 0 aromatic rings. The highest BCUT2D eigenvalue weighted by atomic mass is 16.2. The number of carbonyl (C=O) groups excluding carboxylic acids is 2. The van der Waals surface area contributed by atoms with Crippen molar-refractivity contribution in [3.05, 3.63) is 0 Å². The third-order valence-corrected chi connectivity index (χ3v) is 6.52. The van der Waals surface area contributed by atoms with Crippen LogP contribution in [0.3, 0.4) is 0 Å². The highest BCUT2D eigenvalue weighted by Crippen LogP contribution is 2.61. The van der Waals surface area contributed by atoms with Gasteiger partial charge in [-0.25, -0.2) is 0 Å². The normalized spacial score (nSPS) is 32.4. The molecule has 2 aliphatic carbocycles. The molecular weight excluding hydrogens is 316 g/mol. The molecule has 142 valence electrons. The molecule has 1 heterocycles. The maximum absolute atomic E-state index is 12.7. The van der Waals surface area contributed by atoms with E-state index in [0.29, 0.717) is 23.8 Å². The number of rotatable bonds is 6. The molecule has 6 heteroatoms. The van der Waals surface area contributed by atoms with E-state index >= 15 is 0 Å². The maximum Gasteiger partial charge on any atom is 0.225 e. The van der Waals surface area contributed by atoms with E-state index < -0.39 is 0 Å². The molecule has 3 fully saturated rings. The van der Waals surface area contributed by atoms with Gasteiger partial charge in [-0.1, -0.05) is 0 Å². The summed E-state index contributed by atoms with van der Waals surface area (Å²) in [5, 5.41) is 3.01. The minimum Gasteiger partial charge on any atom is -0.355 e.